The van der Waals surface area contributed by atoms with Gasteiger partial charge in [-0.1, -0.05) is 12.1 Å². The lowest BCUT2D eigenvalue weighted by molar-refractivity contribution is 0.461. The van der Waals surface area contributed by atoms with Gasteiger partial charge in [0.1, 0.15) is 23.5 Å². The molecule has 1 aliphatic rings. The molecule has 0 aliphatic carbocycles. The number of hydrogen-bond acceptors (Lipinski definition) is 5. The van der Waals surface area contributed by atoms with Gasteiger partial charge < -0.3 is 14.6 Å². The second-order valence-electron chi connectivity index (χ2n) is 6.54. The highest BCUT2D eigenvalue weighted by Gasteiger charge is 2.24. The van der Waals surface area contributed by atoms with Crippen molar-refractivity contribution in [2.24, 2.45) is 7.05 Å². The fourth-order valence-electron chi connectivity index (χ4n) is 3.50. The Labute approximate surface area is 169 Å². The summed E-state index contributed by atoms with van der Waals surface area (Å²) in [6.45, 7) is 2.63. The molecule has 6 nitrogen and oxygen atoms in total. The van der Waals surface area contributed by atoms with Gasteiger partial charge in [-0.05, 0) is 58.8 Å². The Morgan fingerprint density at radius 3 is 2.93 bits per heavy atom. The van der Waals surface area contributed by atoms with Crippen LogP contribution in [0.25, 0.3) is 22.2 Å². The van der Waals surface area contributed by atoms with Crippen molar-refractivity contribution in [2.75, 3.05) is 5.32 Å². The number of ether oxygens (including phenoxy) is 1. The molecule has 0 saturated carbocycles. The molecule has 0 atom stereocenters. The van der Waals surface area contributed by atoms with Gasteiger partial charge in [0.05, 0.1) is 9.09 Å². The summed E-state index contributed by atoms with van der Waals surface area (Å²) in [5.74, 6) is 2.24. The molecule has 134 valence electrons. The number of nitrogens with zero attached hydrogens (tertiary/aromatic N) is 4. The number of fused-ring (bicyclic) bond motifs is 2. The maximum absolute atomic E-state index is 5.98. The van der Waals surface area contributed by atoms with E-state index in [0.29, 0.717) is 12.4 Å². The van der Waals surface area contributed by atoms with E-state index in [2.05, 4.69) is 59.6 Å². The summed E-state index contributed by atoms with van der Waals surface area (Å²) in [7, 11) is 2.03. The van der Waals surface area contributed by atoms with Gasteiger partial charge in [0.15, 0.2) is 0 Å². The molecule has 1 aliphatic heterocycles. The zero-order chi connectivity index (χ0) is 18.5. The minimum absolute atomic E-state index is 0.599. The molecule has 1 aromatic carbocycles. The minimum atomic E-state index is 0.599. The second kappa shape index (κ2) is 6.19. The normalized spacial score (nSPS) is 12.4. The Bertz CT molecular complexity index is 1200. The maximum Gasteiger partial charge on any atom is 0.219 e. The number of hydrogen-bond donors (Lipinski definition) is 1. The SMILES string of the molecule is Cc1cccc(Oc2ccc3c(c2)CNc2ncnc4c2c-3c(I)n4C)n1. The van der Waals surface area contributed by atoms with E-state index in [1.54, 1.807) is 6.33 Å². The minimum Gasteiger partial charge on any atom is -0.439 e. The first-order valence-electron chi connectivity index (χ1n) is 8.59. The fourth-order valence-corrected chi connectivity index (χ4v) is 4.29. The molecule has 4 heterocycles. The van der Waals surface area contributed by atoms with Gasteiger partial charge in [-0.3, -0.25) is 0 Å². The highest BCUT2D eigenvalue weighted by molar-refractivity contribution is 14.1. The van der Waals surface area contributed by atoms with Crippen molar-refractivity contribution in [1.29, 1.82) is 0 Å². The van der Waals surface area contributed by atoms with Crippen molar-refractivity contribution in [3.05, 3.63) is 57.7 Å². The third kappa shape index (κ3) is 2.64. The predicted molar refractivity (Wildman–Crippen MR) is 113 cm³/mol. The van der Waals surface area contributed by atoms with Gasteiger partial charge in [0.2, 0.25) is 5.88 Å². The maximum atomic E-state index is 5.98. The standard InChI is InChI=1S/C20H16IN5O/c1-11-4-3-5-15(25-11)27-13-6-7-14-12(8-13)9-22-19-17-16(14)18(21)26(2)20(17)24-10-23-19/h3-8,10H,9H2,1-2H3,(H,22,23,24). The average molecular weight is 469 g/mol. The largest absolute Gasteiger partial charge is 0.439 e. The molecule has 27 heavy (non-hydrogen) atoms. The third-order valence-electron chi connectivity index (χ3n) is 4.77. The number of pyridine rings is 1. The van der Waals surface area contributed by atoms with E-state index in [9.17, 15) is 0 Å². The molecule has 0 fully saturated rings. The van der Waals surface area contributed by atoms with Crippen LogP contribution in [-0.2, 0) is 13.6 Å². The Kier molecular flexibility index (Phi) is 3.78. The molecule has 0 unspecified atom stereocenters. The number of rotatable bonds is 2. The van der Waals surface area contributed by atoms with Gasteiger partial charge >= 0.3 is 0 Å². The summed E-state index contributed by atoms with van der Waals surface area (Å²) in [6, 6.07) is 11.9. The third-order valence-corrected chi connectivity index (χ3v) is 6.04. The van der Waals surface area contributed by atoms with E-state index in [1.807, 2.05) is 38.2 Å². The van der Waals surface area contributed by atoms with Gasteiger partial charge in [-0.25, -0.2) is 15.0 Å². The first-order valence-corrected chi connectivity index (χ1v) is 9.67. The fraction of sp³-hybridized carbons (Fsp3) is 0.150. The van der Waals surface area contributed by atoms with E-state index in [-0.39, 0.29) is 0 Å². The van der Waals surface area contributed by atoms with Gasteiger partial charge in [-0.15, -0.1) is 0 Å². The van der Waals surface area contributed by atoms with Crippen LogP contribution in [0.5, 0.6) is 11.6 Å². The van der Waals surface area contributed by atoms with Gasteiger partial charge in [0, 0.05) is 30.9 Å². The summed E-state index contributed by atoms with van der Waals surface area (Å²) in [5, 5.41) is 4.51. The van der Waals surface area contributed by atoms with E-state index in [4.69, 9.17) is 4.74 Å². The number of aromatic nitrogens is 4. The molecule has 3 aromatic heterocycles. The Morgan fingerprint density at radius 1 is 1.19 bits per heavy atom. The number of halogens is 1. The lowest BCUT2D eigenvalue weighted by Crippen LogP contribution is -2.03. The average Bonchev–Trinajstić information content (AvgIpc) is 2.82. The van der Waals surface area contributed by atoms with Gasteiger partial charge in [0.25, 0.3) is 0 Å². The summed E-state index contributed by atoms with van der Waals surface area (Å²) < 4.78 is 9.23. The first-order chi connectivity index (χ1) is 13.1. The number of nitrogens with one attached hydrogen (secondary N) is 1. The monoisotopic (exact) mass is 469 g/mol. The molecule has 0 spiro atoms. The second-order valence-corrected chi connectivity index (χ2v) is 7.56. The number of anilines is 1. The molecule has 5 rings (SSSR count). The molecular weight excluding hydrogens is 453 g/mol. The van der Waals surface area contributed by atoms with Crippen molar-refractivity contribution >= 4 is 39.4 Å². The zero-order valence-electron chi connectivity index (χ0n) is 14.8. The van der Waals surface area contributed by atoms with Crippen LogP contribution in [0.3, 0.4) is 0 Å². The van der Waals surface area contributed by atoms with Crippen molar-refractivity contribution in [3.63, 3.8) is 0 Å². The summed E-state index contributed by atoms with van der Waals surface area (Å²) in [5.41, 5.74) is 5.37. The van der Waals surface area contributed by atoms with E-state index >= 15 is 0 Å². The smallest absolute Gasteiger partial charge is 0.219 e. The van der Waals surface area contributed by atoms with Crippen LogP contribution in [0.15, 0.2) is 42.7 Å². The van der Waals surface area contributed by atoms with Crippen molar-refractivity contribution in [2.45, 2.75) is 13.5 Å². The van der Waals surface area contributed by atoms with Crippen LogP contribution >= 0.6 is 22.6 Å². The summed E-state index contributed by atoms with van der Waals surface area (Å²) in [6.07, 6.45) is 1.61. The number of aryl methyl sites for hydroxylation is 2. The Balaban J connectivity index is 1.63. The van der Waals surface area contributed by atoms with E-state index in [0.717, 1.165) is 37.6 Å². The Morgan fingerprint density at radius 2 is 2.07 bits per heavy atom. The van der Waals surface area contributed by atoms with E-state index in [1.165, 1.54) is 11.1 Å². The van der Waals surface area contributed by atoms with Crippen molar-refractivity contribution in [3.8, 4) is 22.8 Å². The van der Waals surface area contributed by atoms with Gasteiger partial charge in [-0.2, -0.15) is 0 Å². The van der Waals surface area contributed by atoms with E-state index < -0.39 is 0 Å². The van der Waals surface area contributed by atoms with Crippen LogP contribution in [0, 0.1) is 10.6 Å². The molecular formula is C20H16IN5O. The summed E-state index contributed by atoms with van der Waals surface area (Å²) >= 11 is 2.38. The molecule has 0 bridgehead atoms. The highest BCUT2D eigenvalue weighted by atomic mass is 127. The summed E-state index contributed by atoms with van der Waals surface area (Å²) in [4.78, 5) is 13.3. The molecule has 4 aromatic rings. The molecule has 0 amide bonds. The quantitative estimate of drug-likeness (QED) is 0.433. The van der Waals surface area contributed by atoms with Crippen molar-refractivity contribution in [1.82, 2.24) is 19.5 Å². The highest BCUT2D eigenvalue weighted by Crippen LogP contribution is 2.42. The molecule has 7 heteroatoms. The van der Waals surface area contributed by atoms with Crippen LogP contribution < -0.4 is 10.1 Å². The lowest BCUT2D eigenvalue weighted by atomic mass is 10.0. The lowest BCUT2D eigenvalue weighted by Gasteiger charge is -2.11. The Hall–Kier alpha value is -2.68. The predicted octanol–water partition coefficient (Wildman–Crippen LogP) is 4.66. The topological polar surface area (TPSA) is 64.9 Å². The first kappa shape index (κ1) is 16.5. The zero-order valence-corrected chi connectivity index (χ0v) is 17.0. The molecule has 0 saturated heterocycles. The van der Waals surface area contributed by atoms with Crippen molar-refractivity contribution < 1.29 is 4.74 Å². The van der Waals surface area contributed by atoms with Crippen LogP contribution in [0.1, 0.15) is 11.3 Å². The number of benzene rings is 1. The van der Waals surface area contributed by atoms with Crippen LogP contribution in [-0.4, -0.2) is 19.5 Å². The molecule has 1 N–H and O–H groups in total. The molecule has 0 radical (unpaired) electrons. The van der Waals surface area contributed by atoms with Crippen LogP contribution in [0.4, 0.5) is 5.82 Å². The van der Waals surface area contributed by atoms with Crippen LogP contribution in [0.2, 0.25) is 0 Å².